The maximum Gasteiger partial charge on any atom is 0.254 e. The van der Waals surface area contributed by atoms with Gasteiger partial charge in [0.15, 0.2) is 0 Å². The van der Waals surface area contributed by atoms with Crippen molar-refractivity contribution >= 4 is 51.6 Å². The molecule has 0 aliphatic heterocycles. The Hall–Kier alpha value is -2.50. The smallest absolute Gasteiger partial charge is 0.254 e. The number of amides is 2. The fraction of sp³-hybridized carbons (Fsp3) is 0.304. The number of carbonyl (C=O) groups is 2. The molecule has 0 saturated carbocycles. The van der Waals surface area contributed by atoms with Crippen LogP contribution in [0.2, 0.25) is 10.0 Å². The van der Waals surface area contributed by atoms with Gasteiger partial charge in [0, 0.05) is 28.7 Å². The number of nitrogens with zero attached hydrogens (tertiary/aromatic N) is 1. The monoisotopic (exact) mass is 443 g/mol. The van der Waals surface area contributed by atoms with Crippen molar-refractivity contribution in [3.8, 4) is 0 Å². The van der Waals surface area contributed by atoms with E-state index >= 15 is 0 Å². The Kier molecular flexibility index (Phi) is 6.02. The van der Waals surface area contributed by atoms with Gasteiger partial charge in [0.05, 0.1) is 15.7 Å². The predicted molar refractivity (Wildman–Crippen MR) is 122 cm³/mol. The Bertz CT molecular complexity index is 1100. The lowest BCUT2D eigenvalue weighted by Gasteiger charge is -2.21. The number of para-hydroxylation sites is 1. The summed E-state index contributed by atoms with van der Waals surface area (Å²) in [7, 11) is 0. The first-order chi connectivity index (χ1) is 14.5. The van der Waals surface area contributed by atoms with Gasteiger partial charge in [-0.05, 0) is 68.5 Å². The molecule has 1 aliphatic rings. The minimum absolute atomic E-state index is 0.0832. The molecule has 1 heterocycles. The van der Waals surface area contributed by atoms with E-state index in [0.29, 0.717) is 27.8 Å². The molecule has 1 aliphatic carbocycles. The minimum atomic E-state index is -0.347. The van der Waals surface area contributed by atoms with E-state index in [1.807, 2.05) is 25.1 Å². The molecule has 1 aromatic heterocycles. The van der Waals surface area contributed by atoms with Crippen LogP contribution in [0.4, 0.5) is 5.69 Å². The molecule has 0 bridgehead atoms. The third-order valence-corrected chi connectivity index (χ3v) is 6.21. The number of aromatic amines is 1. The standard InChI is InChI=1S/C23H23Cl2N3O2/c1-2-28(13-21(29)27-22-17(24)7-5-8-18(22)25)23(30)14-10-11-20-16(12-14)15-6-3-4-9-19(15)26-20/h5,7-8,10-12,26H,2-4,6,9,13H2,1H3,(H,27,29). The lowest BCUT2D eigenvalue weighted by atomic mass is 9.95. The van der Waals surface area contributed by atoms with E-state index in [9.17, 15) is 9.59 Å². The number of benzene rings is 2. The second-order valence-electron chi connectivity index (χ2n) is 7.51. The minimum Gasteiger partial charge on any atom is -0.358 e. The third kappa shape index (κ3) is 4.05. The topological polar surface area (TPSA) is 65.2 Å². The fourth-order valence-corrected chi connectivity index (χ4v) is 4.51. The molecule has 5 nitrogen and oxygen atoms in total. The maximum absolute atomic E-state index is 13.1. The van der Waals surface area contributed by atoms with Crippen molar-refractivity contribution in [3.05, 3.63) is 63.3 Å². The zero-order chi connectivity index (χ0) is 21.3. The number of hydrogen-bond donors (Lipinski definition) is 2. The summed E-state index contributed by atoms with van der Waals surface area (Å²) in [5.74, 6) is -0.522. The van der Waals surface area contributed by atoms with E-state index in [-0.39, 0.29) is 18.4 Å². The highest BCUT2D eigenvalue weighted by molar-refractivity contribution is 6.39. The molecule has 2 N–H and O–H groups in total. The molecule has 0 radical (unpaired) electrons. The van der Waals surface area contributed by atoms with Crippen molar-refractivity contribution < 1.29 is 9.59 Å². The number of H-pyrrole nitrogens is 1. The largest absolute Gasteiger partial charge is 0.358 e. The van der Waals surface area contributed by atoms with Crippen LogP contribution >= 0.6 is 23.2 Å². The van der Waals surface area contributed by atoms with Crippen LogP contribution in [-0.4, -0.2) is 34.8 Å². The van der Waals surface area contributed by atoms with Crippen molar-refractivity contribution in [2.24, 2.45) is 0 Å². The molecule has 0 atom stereocenters. The molecule has 0 unspecified atom stereocenters. The first-order valence-corrected chi connectivity index (χ1v) is 10.9. The van der Waals surface area contributed by atoms with Crippen LogP contribution in [0.1, 0.15) is 41.4 Å². The summed E-state index contributed by atoms with van der Waals surface area (Å²) in [5, 5.41) is 4.53. The number of hydrogen-bond acceptors (Lipinski definition) is 2. The summed E-state index contributed by atoms with van der Waals surface area (Å²) in [6, 6.07) is 10.7. The molecular weight excluding hydrogens is 421 g/mol. The second kappa shape index (κ2) is 8.70. The number of rotatable bonds is 5. The number of aromatic nitrogens is 1. The lowest BCUT2D eigenvalue weighted by Crippen LogP contribution is -2.37. The molecule has 3 aromatic rings. The fourth-order valence-electron chi connectivity index (χ4n) is 4.02. The Labute approximate surface area is 185 Å². The number of anilines is 1. The van der Waals surface area contributed by atoms with Crippen molar-refractivity contribution in [2.75, 3.05) is 18.4 Å². The first kappa shape index (κ1) is 20.8. The van der Waals surface area contributed by atoms with Crippen LogP contribution in [0.25, 0.3) is 10.9 Å². The van der Waals surface area contributed by atoms with Gasteiger partial charge < -0.3 is 15.2 Å². The van der Waals surface area contributed by atoms with Crippen LogP contribution in [0.3, 0.4) is 0 Å². The highest BCUT2D eigenvalue weighted by atomic mass is 35.5. The molecule has 2 amide bonds. The molecule has 2 aromatic carbocycles. The predicted octanol–water partition coefficient (Wildman–Crippen LogP) is 5.45. The maximum atomic E-state index is 13.1. The molecular formula is C23H23Cl2N3O2. The van der Waals surface area contributed by atoms with Crippen molar-refractivity contribution in [1.29, 1.82) is 0 Å². The van der Waals surface area contributed by atoms with Crippen LogP contribution in [0, 0.1) is 0 Å². The highest BCUT2D eigenvalue weighted by Gasteiger charge is 2.21. The summed E-state index contributed by atoms with van der Waals surface area (Å²) in [6.07, 6.45) is 4.45. The lowest BCUT2D eigenvalue weighted by molar-refractivity contribution is -0.116. The van der Waals surface area contributed by atoms with E-state index in [1.165, 1.54) is 29.0 Å². The van der Waals surface area contributed by atoms with Crippen LogP contribution in [0.5, 0.6) is 0 Å². The van der Waals surface area contributed by atoms with Crippen molar-refractivity contribution in [3.63, 3.8) is 0 Å². The van der Waals surface area contributed by atoms with Gasteiger partial charge in [-0.3, -0.25) is 9.59 Å². The molecule has 0 spiro atoms. The van der Waals surface area contributed by atoms with Gasteiger partial charge >= 0.3 is 0 Å². The van der Waals surface area contributed by atoms with E-state index in [1.54, 1.807) is 18.2 Å². The van der Waals surface area contributed by atoms with Gasteiger partial charge in [0.2, 0.25) is 5.91 Å². The number of aryl methyl sites for hydroxylation is 2. The van der Waals surface area contributed by atoms with E-state index < -0.39 is 0 Å². The Balaban J connectivity index is 1.53. The quantitative estimate of drug-likeness (QED) is 0.549. The first-order valence-electron chi connectivity index (χ1n) is 10.1. The normalized spacial score (nSPS) is 13.2. The molecule has 30 heavy (non-hydrogen) atoms. The van der Waals surface area contributed by atoms with Crippen LogP contribution < -0.4 is 5.32 Å². The average Bonchev–Trinajstić information content (AvgIpc) is 3.12. The highest BCUT2D eigenvalue weighted by Crippen LogP contribution is 2.31. The van der Waals surface area contributed by atoms with Gasteiger partial charge in [-0.2, -0.15) is 0 Å². The van der Waals surface area contributed by atoms with Crippen molar-refractivity contribution in [1.82, 2.24) is 9.88 Å². The van der Waals surface area contributed by atoms with Gasteiger partial charge in [0.1, 0.15) is 6.54 Å². The molecule has 4 rings (SSSR count). The number of fused-ring (bicyclic) bond motifs is 3. The molecule has 7 heteroatoms. The SMILES string of the molecule is CCN(CC(=O)Nc1c(Cl)cccc1Cl)C(=O)c1ccc2[nH]c3c(c2c1)CCCC3. The van der Waals surface area contributed by atoms with E-state index in [2.05, 4.69) is 10.3 Å². The number of nitrogens with one attached hydrogen (secondary N) is 2. The molecule has 0 fully saturated rings. The van der Waals surface area contributed by atoms with Crippen molar-refractivity contribution in [2.45, 2.75) is 32.6 Å². The average molecular weight is 444 g/mol. The van der Waals surface area contributed by atoms with Gasteiger partial charge in [0.25, 0.3) is 5.91 Å². The van der Waals surface area contributed by atoms with E-state index in [0.717, 1.165) is 23.7 Å². The van der Waals surface area contributed by atoms with Crippen LogP contribution in [-0.2, 0) is 17.6 Å². The zero-order valence-corrected chi connectivity index (χ0v) is 18.2. The Morgan fingerprint density at radius 2 is 1.83 bits per heavy atom. The second-order valence-corrected chi connectivity index (χ2v) is 8.33. The number of carbonyl (C=O) groups excluding carboxylic acids is 2. The van der Waals surface area contributed by atoms with Gasteiger partial charge in [-0.15, -0.1) is 0 Å². The number of likely N-dealkylation sites (N-methyl/N-ethyl adjacent to an activating group) is 1. The summed E-state index contributed by atoms with van der Waals surface area (Å²) >= 11 is 12.2. The summed E-state index contributed by atoms with van der Waals surface area (Å²) in [5.41, 5.74) is 4.60. The summed E-state index contributed by atoms with van der Waals surface area (Å²) in [6.45, 7) is 2.18. The van der Waals surface area contributed by atoms with E-state index in [4.69, 9.17) is 23.2 Å². The molecule has 156 valence electrons. The zero-order valence-electron chi connectivity index (χ0n) is 16.7. The summed E-state index contributed by atoms with van der Waals surface area (Å²) < 4.78 is 0. The van der Waals surface area contributed by atoms with Crippen LogP contribution in [0.15, 0.2) is 36.4 Å². The Morgan fingerprint density at radius 3 is 2.57 bits per heavy atom. The number of halogens is 2. The third-order valence-electron chi connectivity index (χ3n) is 5.58. The van der Waals surface area contributed by atoms with Gasteiger partial charge in [-0.1, -0.05) is 29.3 Å². The Morgan fingerprint density at radius 1 is 1.10 bits per heavy atom. The molecule has 0 saturated heterocycles. The van der Waals surface area contributed by atoms with Gasteiger partial charge in [-0.25, -0.2) is 0 Å². The summed E-state index contributed by atoms with van der Waals surface area (Å²) in [4.78, 5) is 30.7.